The molecule has 0 aliphatic carbocycles. The van der Waals surface area contributed by atoms with Crippen molar-refractivity contribution in [2.24, 2.45) is 0 Å². The lowest BCUT2D eigenvalue weighted by Crippen LogP contribution is -2.29. The fourth-order valence-corrected chi connectivity index (χ4v) is 1.58. The molecule has 7 nitrogen and oxygen atoms in total. The summed E-state index contributed by atoms with van der Waals surface area (Å²) in [4.78, 5) is 21.3. The first kappa shape index (κ1) is 16.9. The number of benzene rings is 1. The van der Waals surface area contributed by atoms with Crippen molar-refractivity contribution >= 4 is 11.6 Å². The Morgan fingerprint density at radius 3 is 2.57 bits per heavy atom. The van der Waals surface area contributed by atoms with Crippen LogP contribution in [0.1, 0.15) is 19.8 Å². The zero-order chi connectivity index (χ0) is 15.5. The highest BCUT2D eigenvalue weighted by atomic mass is 16.6. The van der Waals surface area contributed by atoms with E-state index in [4.69, 9.17) is 4.74 Å². The number of carbonyl (C=O) groups excluding carboxylic acids is 1. The molecule has 7 heteroatoms. The summed E-state index contributed by atoms with van der Waals surface area (Å²) in [5.41, 5.74) is 0.0403. The predicted molar refractivity (Wildman–Crippen MR) is 79.4 cm³/mol. The van der Waals surface area contributed by atoms with Gasteiger partial charge in [-0.1, -0.05) is 6.92 Å². The number of hydrogen-bond donors (Lipinski definition) is 2. The Kier molecular flexibility index (Phi) is 7.81. The van der Waals surface area contributed by atoms with E-state index in [0.717, 1.165) is 6.42 Å². The number of nitro groups is 1. The van der Waals surface area contributed by atoms with E-state index in [2.05, 4.69) is 10.6 Å². The second kappa shape index (κ2) is 9.71. The number of ether oxygens (including phenoxy) is 1. The van der Waals surface area contributed by atoms with Gasteiger partial charge in [-0.15, -0.1) is 0 Å². The van der Waals surface area contributed by atoms with Crippen LogP contribution in [-0.4, -0.2) is 37.1 Å². The minimum Gasteiger partial charge on any atom is -0.492 e. The molecule has 1 aromatic carbocycles. The van der Waals surface area contributed by atoms with E-state index in [1.54, 1.807) is 12.1 Å². The van der Waals surface area contributed by atoms with Gasteiger partial charge in [0.2, 0.25) is 5.91 Å². The van der Waals surface area contributed by atoms with Gasteiger partial charge in [0, 0.05) is 38.2 Å². The molecular weight excluding hydrogens is 274 g/mol. The smallest absolute Gasteiger partial charge is 0.269 e. The molecular formula is C14H21N3O4. The van der Waals surface area contributed by atoms with Crippen molar-refractivity contribution in [1.82, 2.24) is 10.6 Å². The topological polar surface area (TPSA) is 93.5 Å². The molecule has 0 saturated heterocycles. The van der Waals surface area contributed by atoms with Gasteiger partial charge < -0.3 is 15.4 Å². The number of nitrogens with one attached hydrogen (secondary N) is 2. The number of amides is 1. The van der Waals surface area contributed by atoms with Crippen molar-refractivity contribution in [3.8, 4) is 5.75 Å². The van der Waals surface area contributed by atoms with Gasteiger partial charge in [-0.3, -0.25) is 14.9 Å². The van der Waals surface area contributed by atoms with Crippen LogP contribution in [0, 0.1) is 10.1 Å². The van der Waals surface area contributed by atoms with Crippen LogP contribution in [0.3, 0.4) is 0 Å². The third kappa shape index (κ3) is 7.26. The van der Waals surface area contributed by atoms with Crippen LogP contribution in [0.5, 0.6) is 5.75 Å². The van der Waals surface area contributed by atoms with E-state index in [9.17, 15) is 14.9 Å². The maximum atomic E-state index is 11.3. The molecule has 0 aliphatic heterocycles. The lowest BCUT2D eigenvalue weighted by atomic mass is 10.3. The van der Waals surface area contributed by atoms with Gasteiger partial charge >= 0.3 is 0 Å². The van der Waals surface area contributed by atoms with Gasteiger partial charge in [0.05, 0.1) is 4.92 Å². The van der Waals surface area contributed by atoms with Crippen LogP contribution < -0.4 is 15.4 Å². The van der Waals surface area contributed by atoms with Gasteiger partial charge in [-0.05, 0) is 18.6 Å². The van der Waals surface area contributed by atoms with E-state index in [0.29, 0.717) is 38.4 Å². The Labute approximate surface area is 123 Å². The average Bonchev–Trinajstić information content (AvgIpc) is 2.49. The molecule has 0 aliphatic rings. The summed E-state index contributed by atoms with van der Waals surface area (Å²) in [6.07, 6.45) is 1.37. The molecule has 1 amide bonds. The van der Waals surface area contributed by atoms with Crippen LogP contribution in [0.25, 0.3) is 0 Å². The summed E-state index contributed by atoms with van der Waals surface area (Å²) in [7, 11) is 0. The SMILES string of the molecule is CCCNC(=O)CCNCCOc1ccc([N+](=O)[O-])cc1. The van der Waals surface area contributed by atoms with E-state index < -0.39 is 4.92 Å². The molecule has 116 valence electrons. The van der Waals surface area contributed by atoms with Crippen LogP contribution in [0.2, 0.25) is 0 Å². The summed E-state index contributed by atoms with van der Waals surface area (Å²) in [6, 6.07) is 5.94. The number of rotatable bonds is 10. The first-order valence-corrected chi connectivity index (χ1v) is 6.98. The van der Waals surface area contributed by atoms with Crippen LogP contribution in [0.4, 0.5) is 5.69 Å². The Bertz CT molecular complexity index is 448. The van der Waals surface area contributed by atoms with Gasteiger partial charge in [0.25, 0.3) is 5.69 Å². The lowest BCUT2D eigenvalue weighted by molar-refractivity contribution is -0.384. The van der Waals surface area contributed by atoms with Gasteiger partial charge in [0.1, 0.15) is 12.4 Å². The van der Waals surface area contributed by atoms with Crippen molar-refractivity contribution in [1.29, 1.82) is 0 Å². The van der Waals surface area contributed by atoms with Crippen LogP contribution in [0.15, 0.2) is 24.3 Å². The van der Waals surface area contributed by atoms with Gasteiger partial charge in [0.15, 0.2) is 0 Å². The lowest BCUT2D eigenvalue weighted by Gasteiger charge is -2.07. The molecule has 21 heavy (non-hydrogen) atoms. The molecule has 0 saturated carbocycles. The highest BCUT2D eigenvalue weighted by Gasteiger charge is 2.04. The van der Waals surface area contributed by atoms with Crippen molar-refractivity contribution in [3.63, 3.8) is 0 Å². The minimum absolute atomic E-state index is 0.0403. The maximum Gasteiger partial charge on any atom is 0.269 e. The number of carbonyl (C=O) groups is 1. The van der Waals surface area contributed by atoms with Crippen molar-refractivity contribution in [3.05, 3.63) is 34.4 Å². The molecule has 0 fully saturated rings. The second-order valence-electron chi connectivity index (χ2n) is 4.45. The average molecular weight is 295 g/mol. The van der Waals surface area contributed by atoms with E-state index in [1.165, 1.54) is 12.1 Å². The zero-order valence-electron chi connectivity index (χ0n) is 12.1. The van der Waals surface area contributed by atoms with Gasteiger partial charge in [-0.25, -0.2) is 0 Å². The van der Waals surface area contributed by atoms with Crippen molar-refractivity contribution in [2.45, 2.75) is 19.8 Å². The highest BCUT2D eigenvalue weighted by molar-refractivity contribution is 5.75. The Hall–Kier alpha value is -2.15. The van der Waals surface area contributed by atoms with E-state index in [1.807, 2.05) is 6.92 Å². The Balaban J connectivity index is 2.09. The molecule has 0 unspecified atom stereocenters. The molecule has 0 aromatic heterocycles. The molecule has 0 spiro atoms. The number of nitro benzene ring substituents is 1. The van der Waals surface area contributed by atoms with E-state index in [-0.39, 0.29) is 11.6 Å². The first-order chi connectivity index (χ1) is 10.1. The molecule has 0 heterocycles. The third-order valence-electron chi connectivity index (χ3n) is 2.70. The number of nitrogens with zero attached hydrogens (tertiary/aromatic N) is 1. The summed E-state index contributed by atoms with van der Waals surface area (Å²) in [5, 5.41) is 16.4. The molecule has 1 aromatic rings. The van der Waals surface area contributed by atoms with Gasteiger partial charge in [-0.2, -0.15) is 0 Å². The van der Waals surface area contributed by atoms with E-state index >= 15 is 0 Å². The molecule has 1 rings (SSSR count). The third-order valence-corrected chi connectivity index (χ3v) is 2.70. The van der Waals surface area contributed by atoms with Crippen LogP contribution >= 0.6 is 0 Å². The summed E-state index contributed by atoms with van der Waals surface area (Å²) >= 11 is 0. The normalized spacial score (nSPS) is 10.1. The quantitative estimate of drug-likeness (QED) is 0.387. The fourth-order valence-electron chi connectivity index (χ4n) is 1.58. The highest BCUT2D eigenvalue weighted by Crippen LogP contribution is 2.16. The predicted octanol–water partition coefficient (Wildman–Crippen LogP) is 1.48. The summed E-state index contributed by atoms with van der Waals surface area (Å²) in [6.45, 7) is 4.36. The summed E-state index contributed by atoms with van der Waals surface area (Å²) < 4.78 is 5.43. The van der Waals surface area contributed by atoms with Crippen molar-refractivity contribution < 1.29 is 14.5 Å². The number of non-ortho nitro benzene ring substituents is 1. The standard InChI is InChI=1S/C14H21N3O4/c1-2-8-16-14(18)7-9-15-10-11-21-13-5-3-12(4-6-13)17(19)20/h3-6,15H,2,7-11H2,1H3,(H,16,18). The molecule has 0 bridgehead atoms. The molecule has 0 radical (unpaired) electrons. The zero-order valence-corrected chi connectivity index (χ0v) is 12.1. The summed E-state index contributed by atoms with van der Waals surface area (Å²) in [5.74, 6) is 0.628. The Morgan fingerprint density at radius 1 is 1.24 bits per heavy atom. The minimum atomic E-state index is -0.449. The van der Waals surface area contributed by atoms with Crippen molar-refractivity contribution in [2.75, 3.05) is 26.2 Å². The molecule has 0 atom stereocenters. The molecule has 2 N–H and O–H groups in total. The Morgan fingerprint density at radius 2 is 1.95 bits per heavy atom. The fraction of sp³-hybridized carbons (Fsp3) is 0.500. The largest absolute Gasteiger partial charge is 0.492 e. The second-order valence-corrected chi connectivity index (χ2v) is 4.45. The number of hydrogen-bond acceptors (Lipinski definition) is 5. The maximum absolute atomic E-state index is 11.3. The first-order valence-electron chi connectivity index (χ1n) is 6.98. The van der Waals surface area contributed by atoms with Crippen LogP contribution in [-0.2, 0) is 4.79 Å². The monoisotopic (exact) mass is 295 g/mol.